The van der Waals surface area contributed by atoms with Crippen LogP contribution in [0.2, 0.25) is 0 Å². The Morgan fingerprint density at radius 2 is 2.25 bits per heavy atom. The molecule has 1 aliphatic heterocycles. The first-order valence-electron chi connectivity index (χ1n) is 3.10. The minimum absolute atomic E-state index is 0.196. The molecule has 0 bridgehead atoms. The van der Waals surface area contributed by atoms with Crippen LogP contribution in [0.3, 0.4) is 0 Å². The number of hydrogen-bond acceptors (Lipinski definition) is 0. The van der Waals surface area contributed by atoms with E-state index in [9.17, 15) is 0 Å². The topological polar surface area (TPSA) is 14.1 Å². The van der Waals surface area contributed by atoms with Gasteiger partial charge in [-0.25, -0.2) is 0 Å². The van der Waals surface area contributed by atoms with Gasteiger partial charge in [0.1, 0.15) is 0 Å². The van der Waals surface area contributed by atoms with Crippen LogP contribution in [-0.4, -0.2) is 12.1 Å². The van der Waals surface area contributed by atoms with Gasteiger partial charge in [-0.15, -0.1) is 6.54 Å². The Balaban J connectivity index is 2.33. The zero-order chi connectivity index (χ0) is 6.04. The van der Waals surface area contributed by atoms with Gasteiger partial charge in [-0.1, -0.05) is 12.8 Å². The third kappa shape index (κ3) is 1.41. The minimum atomic E-state index is -0.196. The minimum Gasteiger partial charge on any atom is -0.617 e. The van der Waals surface area contributed by atoms with Crippen molar-refractivity contribution < 1.29 is 0 Å². The van der Waals surface area contributed by atoms with E-state index in [0.717, 1.165) is 13.0 Å². The first kappa shape index (κ1) is 5.96. The quantitative estimate of drug-likeness (QED) is 0.423. The van der Waals surface area contributed by atoms with E-state index in [4.69, 9.17) is 0 Å². The molecule has 0 aromatic heterocycles. The van der Waals surface area contributed by atoms with Crippen LogP contribution in [0.5, 0.6) is 0 Å². The summed E-state index contributed by atoms with van der Waals surface area (Å²) in [6.07, 6.45) is 3.54. The number of nitrogens with zero attached hydrogens (tertiary/aromatic N) is 1. The Morgan fingerprint density at radius 3 is 2.50 bits per heavy atom. The van der Waals surface area contributed by atoms with E-state index in [1.165, 1.54) is 12.8 Å². The fourth-order valence-corrected chi connectivity index (χ4v) is 0.961. The monoisotopic (exact) mass is 110 g/mol. The van der Waals surface area contributed by atoms with Gasteiger partial charge in [-0.2, -0.15) is 0 Å². The lowest BCUT2D eigenvalue weighted by Gasteiger charge is -2.37. The molecule has 0 aromatic rings. The van der Waals surface area contributed by atoms with Gasteiger partial charge in [0.15, 0.2) is 0 Å². The van der Waals surface area contributed by atoms with E-state index >= 15 is 0 Å². The molecular weight excluding hydrogens is 98.1 g/mol. The predicted octanol–water partition coefficient (Wildman–Crippen LogP) is 1.95. The van der Waals surface area contributed by atoms with Crippen LogP contribution in [0.25, 0.3) is 5.32 Å². The van der Waals surface area contributed by atoms with Crippen LogP contribution >= 0.6 is 0 Å². The Hall–Kier alpha value is -0.170. The van der Waals surface area contributed by atoms with Gasteiger partial charge in [0.25, 0.3) is 0 Å². The van der Waals surface area contributed by atoms with Crippen LogP contribution in [0.15, 0.2) is 0 Å². The average molecular weight is 110 g/mol. The molecule has 1 nitrogen and oxygen atoms in total. The van der Waals surface area contributed by atoms with Gasteiger partial charge in [-0.3, -0.25) is 0 Å². The molecule has 1 aliphatic rings. The SMILES string of the molecule is [CH2]C1([CH2+])CCCC[N-]1. The molecule has 1 saturated heterocycles. The van der Waals surface area contributed by atoms with Gasteiger partial charge < -0.3 is 5.32 Å². The zero-order valence-corrected chi connectivity index (χ0v) is 5.19. The molecule has 1 heteroatoms. The molecule has 0 amide bonds. The molecule has 0 spiro atoms. The summed E-state index contributed by atoms with van der Waals surface area (Å²) in [5.74, 6) is 0. The molecule has 0 saturated carbocycles. The smallest absolute Gasteiger partial charge is 0.0470 e. The molecule has 0 aliphatic carbocycles. The standard InChI is InChI=1S/C7H12N/c1-7(2)5-3-4-6-8-7/h1-6H2. The van der Waals surface area contributed by atoms with Gasteiger partial charge >= 0.3 is 0 Å². The van der Waals surface area contributed by atoms with E-state index in [1.807, 2.05) is 0 Å². The van der Waals surface area contributed by atoms with Crippen molar-refractivity contribution in [3.05, 3.63) is 19.2 Å². The number of piperidine rings is 1. The number of rotatable bonds is 0. The summed E-state index contributed by atoms with van der Waals surface area (Å²) in [7, 11) is 0. The second kappa shape index (κ2) is 1.98. The molecule has 1 radical (unpaired) electrons. The van der Waals surface area contributed by atoms with E-state index < -0.39 is 0 Å². The molecular formula is C7H12N. The Morgan fingerprint density at radius 1 is 1.50 bits per heavy atom. The van der Waals surface area contributed by atoms with Crippen LogP contribution in [-0.2, 0) is 0 Å². The zero-order valence-electron chi connectivity index (χ0n) is 5.19. The van der Waals surface area contributed by atoms with Crippen LogP contribution in [0.1, 0.15) is 19.3 Å². The highest BCUT2D eigenvalue weighted by Crippen LogP contribution is 2.26. The van der Waals surface area contributed by atoms with Gasteiger partial charge in [0.2, 0.25) is 0 Å². The van der Waals surface area contributed by atoms with Crippen molar-refractivity contribution in [2.45, 2.75) is 24.8 Å². The molecule has 1 fully saturated rings. The van der Waals surface area contributed by atoms with E-state index in [0.29, 0.717) is 0 Å². The lowest BCUT2D eigenvalue weighted by molar-refractivity contribution is 0.527. The van der Waals surface area contributed by atoms with Crippen molar-refractivity contribution in [3.63, 3.8) is 0 Å². The first-order valence-corrected chi connectivity index (χ1v) is 3.10. The summed E-state index contributed by atoms with van der Waals surface area (Å²) in [6, 6.07) is 0. The normalized spacial score (nSPS) is 39.6. The van der Waals surface area contributed by atoms with E-state index in [2.05, 4.69) is 19.2 Å². The van der Waals surface area contributed by atoms with E-state index in [-0.39, 0.29) is 5.54 Å². The molecule has 8 heavy (non-hydrogen) atoms. The highest BCUT2D eigenvalue weighted by molar-refractivity contribution is 5.13. The maximum absolute atomic E-state index is 4.24. The van der Waals surface area contributed by atoms with E-state index in [1.54, 1.807) is 0 Å². The third-order valence-corrected chi connectivity index (χ3v) is 1.50. The summed E-state index contributed by atoms with van der Waals surface area (Å²) in [5, 5.41) is 4.24. The Kier molecular flexibility index (Phi) is 1.47. The highest BCUT2D eigenvalue weighted by atomic mass is 15.0. The summed E-state index contributed by atoms with van der Waals surface area (Å²) in [5.41, 5.74) is -0.196. The van der Waals surface area contributed by atoms with Crippen molar-refractivity contribution >= 4 is 0 Å². The maximum atomic E-state index is 4.24. The first-order chi connectivity index (χ1) is 3.71. The Bertz CT molecular complexity index is 68.5. The fourth-order valence-electron chi connectivity index (χ4n) is 0.961. The summed E-state index contributed by atoms with van der Waals surface area (Å²) < 4.78 is 0. The molecule has 0 N–H and O–H groups in total. The average Bonchev–Trinajstić information content (AvgIpc) is 1.65. The van der Waals surface area contributed by atoms with Crippen molar-refractivity contribution in [2.75, 3.05) is 6.54 Å². The van der Waals surface area contributed by atoms with Crippen LogP contribution in [0.4, 0.5) is 0 Å². The summed E-state index contributed by atoms with van der Waals surface area (Å²) in [6.45, 7) is 8.67. The van der Waals surface area contributed by atoms with Gasteiger partial charge in [0.05, 0.1) is 0 Å². The summed E-state index contributed by atoms with van der Waals surface area (Å²) in [4.78, 5) is 0. The second-order valence-corrected chi connectivity index (χ2v) is 2.56. The molecule has 1 heterocycles. The predicted molar refractivity (Wildman–Crippen MR) is 35.5 cm³/mol. The highest BCUT2D eigenvalue weighted by Gasteiger charge is 2.15. The lowest BCUT2D eigenvalue weighted by atomic mass is 9.93. The van der Waals surface area contributed by atoms with Gasteiger partial charge in [0, 0.05) is 12.5 Å². The largest absolute Gasteiger partial charge is 0.617 e. The Labute approximate surface area is 51.5 Å². The molecule has 1 rings (SSSR count). The second-order valence-electron chi connectivity index (χ2n) is 2.56. The fraction of sp³-hybridized carbons (Fsp3) is 0.714. The van der Waals surface area contributed by atoms with Crippen molar-refractivity contribution in [1.82, 2.24) is 0 Å². The van der Waals surface area contributed by atoms with Crippen molar-refractivity contribution in [1.29, 1.82) is 0 Å². The number of hydrogen-bond donors (Lipinski definition) is 0. The maximum Gasteiger partial charge on any atom is 0.0470 e. The van der Waals surface area contributed by atoms with Crippen molar-refractivity contribution in [2.24, 2.45) is 0 Å². The lowest BCUT2D eigenvalue weighted by Crippen LogP contribution is -2.23. The van der Waals surface area contributed by atoms with Gasteiger partial charge in [-0.05, 0) is 13.3 Å². The molecule has 0 unspecified atom stereocenters. The molecule has 0 aromatic carbocycles. The third-order valence-electron chi connectivity index (χ3n) is 1.50. The van der Waals surface area contributed by atoms with Crippen molar-refractivity contribution in [3.8, 4) is 0 Å². The van der Waals surface area contributed by atoms with Crippen LogP contribution < -0.4 is 0 Å². The summed E-state index contributed by atoms with van der Waals surface area (Å²) >= 11 is 0. The molecule has 45 valence electrons. The van der Waals surface area contributed by atoms with Crippen LogP contribution in [0, 0.1) is 13.8 Å². The molecule has 0 atom stereocenters.